The third-order valence-corrected chi connectivity index (χ3v) is 4.77. The number of carbonyl (C=O) groups is 2. The number of nitrogens with two attached hydrogens (primary N) is 1. The zero-order chi connectivity index (χ0) is 17.4. The first-order valence-corrected chi connectivity index (χ1v) is 8.79. The Morgan fingerprint density at radius 1 is 1.17 bits per heavy atom. The molecule has 6 heteroatoms. The Labute approximate surface area is 144 Å². The number of hydrogen-bond acceptors (Lipinski definition) is 3. The van der Waals surface area contributed by atoms with Crippen molar-refractivity contribution in [2.45, 2.75) is 44.9 Å². The van der Waals surface area contributed by atoms with Gasteiger partial charge >= 0.3 is 6.03 Å². The SMILES string of the molecule is CN(C(=O)N(CCC(N)=O)CCC1CCCCC1)c1ccncc1. The highest BCUT2D eigenvalue weighted by molar-refractivity contribution is 5.91. The van der Waals surface area contributed by atoms with Crippen LogP contribution in [0.2, 0.25) is 0 Å². The molecule has 1 aromatic rings. The minimum Gasteiger partial charge on any atom is -0.370 e. The summed E-state index contributed by atoms with van der Waals surface area (Å²) in [6.45, 7) is 1.04. The molecule has 2 N–H and O–H groups in total. The van der Waals surface area contributed by atoms with Crippen LogP contribution in [0.15, 0.2) is 24.5 Å². The lowest BCUT2D eigenvalue weighted by Gasteiger charge is -2.30. The standard InChI is InChI=1S/C18H28N4O2/c1-21(16-7-11-20-12-8-16)18(24)22(14-10-17(19)23)13-9-15-5-3-2-4-6-15/h7-8,11-12,15H,2-6,9-10,13-14H2,1H3,(H2,19,23). The van der Waals surface area contributed by atoms with Crippen LogP contribution in [0.1, 0.15) is 44.9 Å². The molecule has 3 amide bonds. The first-order valence-electron chi connectivity index (χ1n) is 8.79. The Balaban J connectivity index is 1.97. The van der Waals surface area contributed by atoms with Crippen molar-refractivity contribution in [1.82, 2.24) is 9.88 Å². The average molecular weight is 332 g/mol. The Hall–Kier alpha value is -2.11. The van der Waals surface area contributed by atoms with Crippen molar-refractivity contribution in [3.8, 4) is 0 Å². The molecular weight excluding hydrogens is 304 g/mol. The largest absolute Gasteiger partial charge is 0.370 e. The first kappa shape index (κ1) is 18.2. The number of rotatable bonds is 7. The Morgan fingerprint density at radius 3 is 2.46 bits per heavy atom. The number of anilines is 1. The van der Waals surface area contributed by atoms with Crippen molar-refractivity contribution in [2.24, 2.45) is 11.7 Å². The van der Waals surface area contributed by atoms with Crippen LogP contribution in [-0.2, 0) is 4.79 Å². The smallest absolute Gasteiger partial charge is 0.324 e. The van der Waals surface area contributed by atoms with Gasteiger partial charge < -0.3 is 10.6 Å². The van der Waals surface area contributed by atoms with E-state index in [-0.39, 0.29) is 18.4 Å². The van der Waals surface area contributed by atoms with Crippen LogP contribution in [0, 0.1) is 5.92 Å². The van der Waals surface area contributed by atoms with Gasteiger partial charge in [-0.05, 0) is 24.5 Å². The molecule has 0 atom stereocenters. The van der Waals surface area contributed by atoms with Crippen molar-refractivity contribution in [2.75, 3.05) is 25.0 Å². The second kappa shape index (κ2) is 9.25. The molecule has 0 unspecified atom stereocenters. The molecule has 1 heterocycles. The molecule has 1 aliphatic carbocycles. The molecule has 0 aliphatic heterocycles. The topological polar surface area (TPSA) is 79.5 Å². The number of urea groups is 1. The van der Waals surface area contributed by atoms with Crippen LogP contribution < -0.4 is 10.6 Å². The highest BCUT2D eigenvalue weighted by Gasteiger charge is 2.22. The maximum atomic E-state index is 12.8. The van der Waals surface area contributed by atoms with Crippen molar-refractivity contribution < 1.29 is 9.59 Å². The van der Waals surface area contributed by atoms with E-state index in [1.54, 1.807) is 41.4 Å². The number of pyridine rings is 1. The Morgan fingerprint density at radius 2 is 1.83 bits per heavy atom. The van der Waals surface area contributed by atoms with Crippen LogP contribution in [0.4, 0.5) is 10.5 Å². The van der Waals surface area contributed by atoms with Crippen LogP contribution >= 0.6 is 0 Å². The summed E-state index contributed by atoms with van der Waals surface area (Å²) in [5.41, 5.74) is 6.06. The van der Waals surface area contributed by atoms with E-state index >= 15 is 0 Å². The van der Waals surface area contributed by atoms with E-state index in [0.717, 1.165) is 12.1 Å². The molecule has 1 fully saturated rings. The van der Waals surface area contributed by atoms with Gasteiger partial charge in [-0.1, -0.05) is 32.1 Å². The number of nitrogens with zero attached hydrogens (tertiary/aromatic N) is 3. The number of amides is 3. The van der Waals surface area contributed by atoms with E-state index in [0.29, 0.717) is 19.0 Å². The molecule has 0 bridgehead atoms. The molecule has 6 nitrogen and oxygen atoms in total. The molecule has 2 rings (SSSR count). The van der Waals surface area contributed by atoms with Gasteiger partial charge in [-0.3, -0.25) is 14.7 Å². The zero-order valence-corrected chi connectivity index (χ0v) is 14.5. The molecule has 1 aliphatic rings. The van der Waals surface area contributed by atoms with E-state index in [1.807, 2.05) is 0 Å². The van der Waals surface area contributed by atoms with E-state index in [1.165, 1.54) is 32.1 Å². The number of aromatic nitrogens is 1. The summed E-state index contributed by atoms with van der Waals surface area (Å²) >= 11 is 0. The lowest BCUT2D eigenvalue weighted by atomic mass is 9.87. The maximum absolute atomic E-state index is 12.8. The second-order valence-corrected chi connectivity index (χ2v) is 6.54. The zero-order valence-electron chi connectivity index (χ0n) is 14.5. The van der Waals surface area contributed by atoms with E-state index in [4.69, 9.17) is 5.73 Å². The number of carbonyl (C=O) groups excluding carboxylic acids is 2. The summed E-state index contributed by atoms with van der Waals surface area (Å²) in [5, 5.41) is 0. The third-order valence-electron chi connectivity index (χ3n) is 4.77. The van der Waals surface area contributed by atoms with E-state index in [2.05, 4.69) is 4.98 Å². The van der Waals surface area contributed by atoms with Crippen LogP contribution in [0.3, 0.4) is 0 Å². The molecule has 0 aromatic carbocycles. The van der Waals surface area contributed by atoms with Crippen molar-refractivity contribution >= 4 is 17.6 Å². The molecule has 0 spiro atoms. The van der Waals surface area contributed by atoms with Crippen molar-refractivity contribution in [1.29, 1.82) is 0 Å². The van der Waals surface area contributed by atoms with Crippen molar-refractivity contribution in [3.63, 3.8) is 0 Å². The van der Waals surface area contributed by atoms with Gasteiger partial charge in [0.25, 0.3) is 0 Å². The third kappa shape index (κ3) is 5.51. The van der Waals surface area contributed by atoms with Gasteiger partial charge in [-0.15, -0.1) is 0 Å². The Bertz CT molecular complexity index is 529. The fraction of sp³-hybridized carbons (Fsp3) is 0.611. The minimum atomic E-state index is -0.378. The quantitative estimate of drug-likeness (QED) is 0.834. The van der Waals surface area contributed by atoms with Gasteiger partial charge in [0.2, 0.25) is 5.91 Å². The normalized spacial score (nSPS) is 15.0. The highest BCUT2D eigenvalue weighted by Crippen LogP contribution is 2.26. The van der Waals surface area contributed by atoms with E-state index < -0.39 is 0 Å². The van der Waals surface area contributed by atoms with Gasteiger partial charge in [0.05, 0.1) is 0 Å². The monoisotopic (exact) mass is 332 g/mol. The number of primary amides is 1. The second-order valence-electron chi connectivity index (χ2n) is 6.54. The van der Waals surface area contributed by atoms with Gasteiger partial charge in [0.1, 0.15) is 0 Å². The summed E-state index contributed by atoms with van der Waals surface area (Å²) in [7, 11) is 1.75. The maximum Gasteiger partial charge on any atom is 0.324 e. The average Bonchev–Trinajstić information content (AvgIpc) is 2.62. The Kier molecular flexibility index (Phi) is 7.03. The van der Waals surface area contributed by atoms with Gasteiger partial charge in [0, 0.05) is 44.6 Å². The van der Waals surface area contributed by atoms with Gasteiger partial charge in [-0.25, -0.2) is 4.79 Å². The van der Waals surface area contributed by atoms with Crippen molar-refractivity contribution in [3.05, 3.63) is 24.5 Å². The van der Waals surface area contributed by atoms with Crippen LogP contribution in [-0.4, -0.2) is 42.0 Å². The number of hydrogen-bond donors (Lipinski definition) is 1. The molecule has 1 saturated carbocycles. The molecule has 1 aromatic heterocycles. The molecule has 132 valence electrons. The van der Waals surface area contributed by atoms with Crippen LogP contribution in [0.25, 0.3) is 0 Å². The molecular formula is C18H28N4O2. The van der Waals surface area contributed by atoms with Crippen LogP contribution in [0.5, 0.6) is 0 Å². The fourth-order valence-corrected chi connectivity index (χ4v) is 3.25. The summed E-state index contributed by atoms with van der Waals surface area (Å²) in [6, 6.07) is 3.50. The highest BCUT2D eigenvalue weighted by atomic mass is 16.2. The summed E-state index contributed by atoms with van der Waals surface area (Å²) in [5.74, 6) is 0.311. The molecule has 24 heavy (non-hydrogen) atoms. The fourth-order valence-electron chi connectivity index (χ4n) is 3.25. The lowest BCUT2D eigenvalue weighted by Crippen LogP contribution is -2.43. The summed E-state index contributed by atoms with van der Waals surface area (Å²) < 4.78 is 0. The van der Waals surface area contributed by atoms with Gasteiger partial charge in [-0.2, -0.15) is 0 Å². The van der Waals surface area contributed by atoms with E-state index in [9.17, 15) is 9.59 Å². The molecule has 0 saturated heterocycles. The lowest BCUT2D eigenvalue weighted by molar-refractivity contribution is -0.118. The minimum absolute atomic E-state index is 0.0988. The first-order chi connectivity index (χ1) is 11.6. The predicted molar refractivity (Wildman–Crippen MR) is 94.6 cm³/mol. The molecule has 0 radical (unpaired) electrons. The van der Waals surface area contributed by atoms with Gasteiger partial charge in [0.15, 0.2) is 0 Å². The predicted octanol–water partition coefficient (Wildman–Crippen LogP) is 2.79. The summed E-state index contributed by atoms with van der Waals surface area (Å²) in [4.78, 5) is 31.3. The summed E-state index contributed by atoms with van der Waals surface area (Å²) in [6.07, 6.45) is 10.9.